The monoisotopic (exact) mass is 638 g/mol. The van der Waals surface area contributed by atoms with Crippen LogP contribution in [-0.2, 0) is 19.2 Å². The molecular formula is C35H54N6O5. The number of urea groups is 1. The Bertz CT molecular complexity index is 1210. The van der Waals surface area contributed by atoms with Crippen LogP contribution in [0.1, 0.15) is 79.1 Å². The lowest BCUT2D eigenvalue weighted by atomic mass is 9.94. The Kier molecular flexibility index (Phi) is 16.6. The second-order valence-electron chi connectivity index (χ2n) is 11.3. The molecule has 0 bridgehead atoms. The fourth-order valence-corrected chi connectivity index (χ4v) is 5.84. The molecule has 0 radical (unpaired) electrons. The number of fused-ring (bicyclic) bond motifs is 1. The third-order valence-corrected chi connectivity index (χ3v) is 8.11. The third-order valence-electron chi connectivity index (χ3n) is 8.11. The molecule has 0 aromatic heterocycles. The predicted molar refractivity (Wildman–Crippen MR) is 181 cm³/mol. The van der Waals surface area contributed by atoms with Crippen molar-refractivity contribution in [2.45, 2.75) is 97.2 Å². The van der Waals surface area contributed by atoms with Crippen LogP contribution in [0, 0.1) is 0 Å². The van der Waals surface area contributed by atoms with Crippen molar-refractivity contribution in [2.24, 2.45) is 0 Å². The molecule has 46 heavy (non-hydrogen) atoms. The summed E-state index contributed by atoms with van der Waals surface area (Å²) in [6, 6.07) is -2.96. The molecule has 0 aromatic carbocycles. The van der Waals surface area contributed by atoms with Crippen LogP contribution in [0.25, 0.3) is 0 Å². The Labute approximate surface area is 274 Å². The van der Waals surface area contributed by atoms with E-state index in [0.29, 0.717) is 25.1 Å². The summed E-state index contributed by atoms with van der Waals surface area (Å²) in [6.45, 7) is 12.0. The summed E-state index contributed by atoms with van der Waals surface area (Å²) in [5.41, 5.74) is 1.62. The molecule has 11 nitrogen and oxygen atoms in total. The van der Waals surface area contributed by atoms with Gasteiger partial charge >= 0.3 is 6.03 Å². The number of piperazine rings is 2. The summed E-state index contributed by atoms with van der Waals surface area (Å²) in [6.07, 6.45) is 18.4. The zero-order chi connectivity index (χ0) is 34.1. The van der Waals surface area contributed by atoms with Crippen molar-refractivity contribution in [1.82, 2.24) is 30.7 Å². The molecule has 2 heterocycles. The topological polar surface area (TPSA) is 131 Å². The minimum absolute atomic E-state index is 0.0310. The standard InChI is InChI=1S/C33H48N6O5.C2H6/c1-5-8-19-35-31(42)27(18-17-24(13-6-2)14-7-3)38-21-26(20-29(40)34-4)39-28(32(38)43)22-37(23-30(39)41)33(44)36-25-15-11-9-10-12-16-25;1-2/h6-7,11,13-16,26-28H,2,5,8-10,12,17-23H2,1,3-4H3,(H,34,40)(H,35,42)(H,36,44);1-2H3/b14-7-,24-13+;. The third kappa shape index (κ3) is 10.7. The van der Waals surface area contributed by atoms with Gasteiger partial charge in [0.2, 0.25) is 23.6 Å². The van der Waals surface area contributed by atoms with E-state index in [9.17, 15) is 24.0 Å². The van der Waals surface area contributed by atoms with Crippen LogP contribution in [0.15, 0.2) is 60.4 Å². The highest BCUT2D eigenvalue weighted by Gasteiger charge is 2.50. The first-order chi connectivity index (χ1) is 22.2. The van der Waals surface area contributed by atoms with Gasteiger partial charge in [-0.1, -0.05) is 70.2 Å². The number of carbonyl (C=O) groups excluding carboxylic acids is 5. The van der Waals surface area contributed by atoms with Crippen molar-refractivity contribution in [3.8, 4) is 0 Å². The summed E-state index contributed by atoms with van der Waals surface area (Å²) < 4.78 is 0. The van der Waals surface area contributed by atoms with Gasteiger partial charge in [0, 0.05) is 32.3 Å². The van der Waals surface area contributed by atoms with Crippen molar-refractivity contribution in [3.63, 3.8) is 0 Å². The summed E-state index contributed by atoms with van der Waals surface area (Å²) in [5.74, 6) is -1.37. The van der Waals surface area contributed by atoms with E-state index in [4.69, 9.17) is 0 Å². The maximum atomic E-state index is 14.2. The summed E-state index contributed by atoms with van der Waals surface area (Å²) in [4.78, 5) is 71.5. The summed E-state index contributed by atoms with van der Waals surface area (Å²) >= 11 is 0. The molecule has 3 unspecified atom stereocenters. The van der Waals surface area contributed by atoms with E-state index in [1.54, 1.807) is 6.08 Å². The van der Waals surface area contributed by atoms with Crippen LogP contribution in [0.2, 0.25) is 0 Å². The quantitative estimate of drug-likeness (QED) is 0.208. The highest BCUT2D eigenvalue weighted by Crippen LogP contribution is 2.28. The van der Waals surface area contributed by atoms with E-state index in [2.05, 4.69) is 22.5 Å². The number of carbonyl (C=O) groups is 5. The molecule has 0 aromatic rings. The smallest absolute Gasteiger partial charge is 0.322 e. The first kappa shape index (κ1) is 38.0. The summed E-state index contributed by atoms with van der Waals surface area (Å²) in [5, 5.41) is 8.45. The Morgan fingerprint density at radius 1 is 1.15 bits per heavy atom. The number of allylic oxidation sites excluding steroid dienone is 8. The minimum Gasteiger partial charge on any atom is -0.359 e. The molecular weight excluding hydrogens is 584 g/mol. The van der Waals surface area contributed by atoms with Gasteiger partial charge in [0.15, 0.2) is 0 Å². The van der Waals surface area contributed by atoms with Crippen molar-refractivity contribution < 1.29 is 24.0 Å². The van der Waals surface area contributed by atoms with Crippen LogP contribution < -0.4 is 16.0 Å². The van der Waals surface area contributed by atoms with Gasteiger partial charge in [-0.25, -0.2) is 4.79 Å². The van der Waals surface area contributed by atoms with Crippen LogP contribution >= 0.6 is 0 Å². The van der Waals surface area contributed by atoms with Gasteiger partial charge in [0.1, 0.15) is 18.6 Å². The molecule has 3 atom stereocenters. The largest absolute Gasteiger partial charge is 0.359 e. The van der Waals surface area contributed by atoms with Gasteiger partial charge in [0.05, 0.1) is 12.6 Å². The van der Waals surface area contributed by atoms with Crippen molar-refractivity contribution in [3.05, 3.63) is 60.4 Å². The molecule has 2 fully saturated rings. The molecule has 2 saturated heterocycles. The fourth-order valence-electron chi connectivity index (χ4n) is 5.84. The van der Waals surface area contributed by atoms with Crippen molar-refractivity contribution >= 4 is 29.7 Å². The number of nitrogens with one attached hydrogen (secondary N) is 3. The maximum absolute atomic E-state index is 14.2. The molecule has 6 amide bonds. The second kappa shape index (κ2) is 20.1. The predicted octanol–water partition coefficient (Wildman–Crippen LogP) is 3.96. The van der Waals surface area contributed by atoms with E-state index in [1.807, 2.05) is 64.2 Å². The average Bonchev–Trinajstić information content (AvgIpc) is 3.32. The molecule has 254 valence electrons. The van der Waals surface area contributed by atoms with Gasteiger partial charge in [0.25, 0.3) is 0 Å². The Balaban J connectivity index is 0.00000361. The second-order valence-corrected chi connectivity index (χ2v) is 11.3. The molecule has 11 heteroatoms. The maximum Gasteiger partial charge on any atom is 0.322 e. The highest BCUT2D eigenvalue weighted by molar-refractivity contribution is 5.97. The number of nitrogens with zero attached hydrogens (tertiary/aromatic N) is 3. The minimum atomic E-state index is -1.02. The van der Waals surface area contributed by atoms with E-state index >= 15 is 0 Å². The number of hydrogen-bond donors (Lipinski definition) is 3. The van der Waals surface area contributed by atoms with E-state index in [-0.39, 0.29) is 37.9 Å². The van der Waals surface area contributed by atoms with Crippen molar-refractivity contribution in [2.75, 3.05) is 33.2 Å². The Hall–Kier alpha value is -4.15. The van der Waals surface area contributed by atoms with Gasteiger partial charge in [-0.2, -0.15) is 0 Å². The zero-order valence-corrected chi connectivity index (χ0v) is 28.3. The lowest BCUT2D eigenvalue weighted by Gasteiger charge is -2.51. The molecule has 3 N–H and O–H groups in total. The molecule has 0 spiro atoms. The van der Waals surface area contributed by atoms with Crippen molar-refractivity contribution in [1.29, 1.82) is 0 Å². The van der Waals surface area contributed by atoms with E-state index < -0.39 is 36.0 Å². The number of rotatable bonds is 13. The van der Waals surface area contributed by atoms with Crippen LogP contribution in [0.3, 0.4) is 0 Å². The summed E-state index contributed by atoms with van der Waals surface area (Å²) in [7, 11) is 1.52. The Morgan fingerprint density at radius 3 is 2.59 bits per heavy atom. The molecule has 2 aliphatic heterocycles. The van der Waals surface area contributed by atoms with E-state index in [0.717, 1.165) is 37.7 Å². The van der Waals surface area contributed by atoms with Crippen LogP contribution in [0.4, 0.5) is 4.79 Å². The molecule has 0 saturated carbocycles. The van der Waals surface area contributed by atoms with Gasteiger partial charge < -0.3 is 30.7 Å². The fraction of sp³-hybridized carbons (Fsp3) is 0.571. The molecule has 3 rings (SSSR count). The van der Waals surface area contributed by atoms with Gasteiger partial charge in [-0.05, 0) is 57.1 Å². The number of amides is 6. The molecule has 3 aliphatic rings. The average molecular weight is 639 g/mol. The van der Waals surface area contributed by atoms with Gasteiger partial charge in [-0.15, -0.1) is 0 Å². The number of hydrogen-bond acceptors (Lipinski definition) is 5. The number of unbranched alkanes of at least 4 members (excludes halogenated alkanes) is 1. The molecule has 1 aliphatic carbocycles. The lowest BCUT2D eigenvalue weighted by Crippen LogP contribution is -2.73. The first-order valence-electron chi connectivity index (χ1n) is 16.7. The Morgan fingerprint density at radius 2 is 1.91 bits per heavy atom. The SMILES string of the molecule is C=C/C=C(\C=C/C)CCC(C(=O)NCCCC)N1CC(CC(=O)NC)N2C(=O)CN(C(=O)NC3=CCCCC=C3)CC2C1=O.CC. The van der Waals surface area contributed by atoms with Gasteiger partial charge in [-0.3, -0.25) is 19.2 Å². The zero-order valence-electron chi connectivity index (χ0n) is 28.3. The first-order valence-corrected chi connectivity index (χ1v) is 16.7. The van der Waals surface area contributed by atoms with E-state index in [1.165, 1.54) is 21.7 Å². The highest BCUT2D eigenvalue weighted by atomic mass is 16.2. The van der Waals surface area contributed by atoms with Crippen LogP contribution in [-0.4, -0.2) is 95.7 Å². The lowest BCUT2D eigenvalue weighted by molar-refractivity contribution is -0.166. The van der Waals surface area contributed by atoms with Crippen LogP contribution in [0.5, 0.6) is 0 Å². The normalized spacial score (nSPS) is 20.6.